The largest absolute Gasteiger partial charge is 0.356 e. The summed E-state index contributed by atoms with van der Waals surface area (Å²) in [5.41, 5.74) is 1.53. The first-order valence-electron chi connectivity index (χ1n) is 10.3. The molecule has 0 unspecified atom stereocenters. The average molecular weight is 389 g/mol. The summed E-state index contributed by atoms with van der Waals surface area (Å²) in [5.74, 6) is 2.52. The highest BCUT2D eigenvalue weighted by Crippen LogP contribution is 2.60. The van der Waals surface area contributed by atoms with E-state index in [0.717, 1.165) is 48.3 Å². The van der Waals surface area contributed by atoms with Crippen molar-refractivity contribution < 1.29 is 9.59 Å². The molecule has 27 heavy (non-hydrogen) atoms. The first kappa shape index (κ1) is 18.8. The molecule has 146 valence electrons. The Bertz CT molecular complexity index is 711. The molecule has 4 fully saturated rings. The molecule has 2 N–H and O–H groups in total. The number of carbonyl (C=O) groups excluding carboxylic acids is 2. The van der Waals surface area contributed by atoms with Crippen molar-refractivity contribution in [3.8, 4) is 0 Å². The van der Waals surface area contributed by atoms with Gasteiger partial charge in [-0.3, -0.25) is 9.59 Å². The Morgan fingerprint density at radius 3 is 2.37 bits per heavy atom. The van der Waals surface area contributed by atoms with Gasteiger partial charge in [0.15, 0.2) is 0 Å². The van der Waals surface area contributed by atoms with Crippen LogP contribution in [0.5, 0.6) is 0 Å². The summed E-state index contributed by atoms with van der Waals surface area (Å²) >= 11 is 6.09. The number of anilines is 1. The lowest BCUT2D eigenvalue weighted by atomic mass is 9.49. The van der Waals surface area contributed by atoms with Gasteiger partial charge in [-0.25, -0.2) is 0 Å². The zero-order chi connectivity index (χ0) is 19.0. The van der Waals surface area contributed by atoms with Crippen LogP contribution in [0.4, 0.5) is 5.69 Å². The van der Waals surface area contributed by atoms with E-state index in [1.54, 1.807) is 0 Å². The Balaban J connectivity index is 1.23. The normalized spacial score (nSPS) is 31.0. The molecule has 5 heteroatoms. The summed E-state index contributed by atoms with van der Waals surface area (Å²) < 4.78 is 0. The maximum Gasteiger partial charge on any atom is 0.226 e. The summed E-state index contributed by atoms with van der Waals surface area (Å²) in [6, 6.07) is 5.50. The molecule has 4 bridgehead atoms. The van der Waals surface area contributed by atoms with Crippen molar-refractivity contribution in [3.63, 3.8) is 0 Å². The van der Waals surface area contributed by atoms with Crippen LogP contribution in [0.2, 0.25) is 5.02 Å². The van der Waals surface area contributed by atoms with Crippen LogP contribution >= 0.6 is 11.6 Å². The second-order valence-corrected chi connectivity index (χ2v) is 9.43. The Morgan fingerprint density at radius 2 is 1.74 bits per heavy atom. The second kappa shape index (κ2) is 7.46. The zero-order valence-electron chi connectivity index (χ0n) is 16.0. The fraction of sp³-hybridized carbons (Fsp3) is 0.636. The Morgan fingerprint density at radius 1 is 1.11 bits per heavy atom. The quantitative estimate of drug-likeness (QED) is 0.694. The zero-order valence-corrected chi connectivity index (χ0v) is 16.8. The van der Waals surface area contributed by atoms with Crippen LogP contribution in [0.15, 0.2) is 18.2 Å². The minimum atomic E-state index is -0.102. The highest BCUT2D eigenvalue weighted by atomic mass is 35.5. The summed E-state index contributed by atoms with van der Waals surface area (Å²) in [7, 11) is 0. The van der Waals surface area contributed by atoms with E-state index in [1.807, 2.05) is 25.1 Å². The van der Waals surface area contributed by atoms with Gasteiger partial charge in [0.1, 0.15) is 0 Å². The predicted octanol–water partition coefficient (Wildman–Crippen LogP) is 4.70. The average Bonchev–Trinajstić information content (AvgIpc) is 2.61. The fourth-order valence-corrected chi connectivity index (χ4v) is 6.16. The fourth-order valence-electron chi connectivity index (χ4n) is 5.98. The van der Waals surface area contributed by atoms with Gasteiger partial charge in [0, 0.05) is 29.1 Å². The molecule has 5 rings (SSSR count). The molecule has 0 heterocycles. The van der Waals surface area contributed by atoms with E-state index in [2.05, 4.69) is 10.6 Å². The molecule has 0 spiro atoms. The number of carbonyl (C=O) groups is 2. The van der Waals surface area contributed by atoms with E-state index >= 15 is 0 Å². The van der Waals surface area contributed by atoms with Crippen LogP contribution in [0.25, 0.3) is 0 Å². The van der Waals surface area contributed by atoms with Gasteiger partial charge in [0.05, 0.1) is 0 Å². The Hall–Kier alpha value is -1.55. The van der Waals surface area contributed by atoms with Crippen molar-refractivity contribution in [2.24, 2.45) is 23.2 Å². The highest BCUT2D eigenvalue weighted by Gasteiger charge is 2.54. The lowest BCUT2D eigenvalue weighted by molar-refractivity contribution is -0.146. The molecule has 0 atom stereocenters. The third-order valence-corrected chi connectivity index (χ3v) is 7.34. The van der Waals surface area contributed by atoms with Crippen molar-refractivity contribution >= 4 is 29.1 Å². The molecular weight excluding hydrogens is 360 g/mol. The van der Waals surface area contributed by atoms with Gasteiger partial charge >= 0.3 is 0 Å². The van der Waals surface area contributed by atoms with Crippen molar-refractivity contribution in [2.45, 2.75) is 58.3 Å². The molecule has 0 saturated heterocycles. The monoisotopic (exact) mass is 388 g/mol. The first-order chi connectivity index (χ1) is 12.9. The molecule has 4 aliphatic carbocycles. The number of benzene rings is 1. The number of nitrogens with one attached hydrogen (secondary N) is 2. The van der Waals surface area contributed by atoms with Gasteiger partial charge < -0.3 is 10.6 Å². The van der Waals surface area contributed by atoms with Crippen molar-refractivity contribution in [1.29, 1.82) is 0 Å². The van der Waals surface area contributed by atoms with Gasteiger partial charge in [-0.05, 0) is 87.3 Å². The van der Waals surface area contributed by atoms with Crippen LogP contribution in [-0.4, -0.2) is 18.4 Å². The van der Waals surface area contributed by atoms with Crippen molar-refractivity contribution in [3.05, 3.63) is 28.8 Å². The molecule has 2 amide bonds. The van der Waals surface area contributed by atoms with E-state index in [0.29, 0.717) is 24.4 Å². The van der Waals surface area contributed by atoms with Crippen molar-refractivity contribution in [1.82, 2.24) is 5.32 Å². The lowest BCUT2D eigenvalue weighted by Gasteiger charge is -2.55. The van der Waals surface area contributed by atoms with Gasteiger partial charge in [-0.15, -0.1) is 0 Å². The maximum absolute atomic E-state index is 12.9. The smallest absolute Gasteiger partial charge is 0.226 e. The molecule has 4 nitrogen and oxygen atoms in total. The first-order valence-corrected chi connectivity index (χ1v) is 10.7. The molecule has 1 aromatic rings. The molecular formula is C22H29ClN2O2. The topological polar surface area (TPSA) is 58.2 Å². The van der Waals surface area contributed by atoms with Crippen LogP contribution < -0.4 is 10.6 Å². The second-order valence-electron chi connectivity index (χ2n) is 9.02. The van der Waals surface area contributed by atoms with E-state index in [1.165, 1.54) is 19.3 Å². The lowest BCUT2D eigenvalue weighted by Crippen LogP contribution is -2.53. The van der Waals surface area contributed by atoms with Gasteiger partial charge in [-0.1, -0.05) is 17.7 Å². The number of amides is 2. The van der Waals surface area contributed by atoms with E-state index in [9.17, 15) is 9.59 Å². The molecule has 4 saturated carbocycles. The SMILES string of the molecule is Cc1c(Cl)cccc1NC(=O)CCCNC(=O)C12CC3CC(CC(C3)C1)C2. The third-order valence-electron chi connectivity index (χ3n) is 6.93. The molecule has 0 radical (unpaired) electrons. The van der Waals surface area contributed by atoms with E-state index in [4.69, 9.17) is 11.6 Å². The number of halogens is 1. The van der Waals surface area contributed by atoms with Gasteiger partial charge in [0.25, 0.3) is 0 Å². The van der Waals surface area contributed by atoms with Gasteiger partial charge in [-0.2, -0.15) is 0 Å². The maximum atomic E-state index is 12.9. The molecule has 4 aliphatic rings. The third kappa shape index (κ3) is 3.87. The van der Waals surface area contributed by atoms with Gasteiger partial charge in [0.2, 0.25) is 11.8 Å². The van der Waals surface area contributed by atoms with Crippen LogP contribution in [0.1, 0.15) is 56.9 Å². The van der Waals surface area contributed by atoms with Crippen LogP contribution in [0, 0.1) is 30.1 Å². The Labute approximate surface area is 166 Å². The van der Waals surface area contributed by atoms with Crippen LogP contribution in [0.3, 0.4) is 0 Å². The summed E-state index contributed by atoms with van der Waals surface area (Å²) in [4.78, 5) is 25.1. The van der Waals surface area contributed by atoms with E-state index < -0.39 is 0 Å². The standard InChI is InChI=1S/C22H29ClN2O2/c1-14-18(23)4-2-5-19(14)25-20(26)6-3-7-24-21(27)22-11-15-8-16(12-22)10-17(9-15)13-22/h2,4-5,15-17H,3,6-13H2,1H3,(H,24,27)(H,25,26). The molecule has 0 aromatic heterocycles. The van der Waals surface area contributed by atoms with E-state index in [-0.39, 0.29) is 17.2 Å². The number of hydrogen-bond acceptors (Lipinski definition) is 2. The number of rotatable bonds is 6. The summed E-state index contributed by atoms with van der Waals surface area (Å²) in [6.07, 6.45) is 8.33. The van der Waals surface area contributed by atoms with Crippen molar-refractivity contribution in [2.75, 3.05) is 11.9 Å². The highest BCUT2D eigenvalue weighted by molar-refractivity contribution is 6.31. The molecule has 1 aromatic carbocycles. The summed E-state index contributed by atoms with van der Waals surface area (Å²) in [6.45, 7) is 2.46. The Kier molecular flexibility index (Phi) is 5.19. The number of hydrogen-bond donors (Lipinski definition) is 2. The molecule has 0 aliphatic heterocycles. The predicted molar refractivity (Wildman–Crippen MR) is 108 cm³/mol. The minimum absolute atomic E-state index is 0.0376. The summed E-state index contributed by atoms with van der Waals surface area (Å²) in [5, 5.41) is 6.70. The minimum Gasteiger partial charge on any atom is -0.356 e. The van der Waals surface area contributed by atoms with Crippen LogP contribution in [-0.2, 0) is 9.59 Å².